The second-order valence-corrected chi connectivity index (χ2v) is 5.24. The molecule has 6 heteroatoms. The van der Waals surface area contributed by atoms with E-state index < -0.39 is 0 Å². The molecule has 1 rings (SSSR count). The van der Waals surface area contributed by atoms with Crippen LogP contribution in [0.3, 0.4) is 0 Å². The summed E-state index contributed by atoms with van der Waals surface area (Å²) in [5.74, 6) is 0.921. The molecule has 1 heterocycles. The Morgan fingerprint density at radius 3 is 2.61 bits per heavy atom. The minimum absolute atomic E-state index is 0.137. The van der Waals surface area contributed by atoms with Crippen molar-refractivity contribution in [3.05, 3.63) is 11.7 Å². The monoisotopic (exact) mass is 255 g/mol. The summed E-state index contributed by atoms with van der Waals surface area (Å²) in [4.78, 5) is 17.4. The van der Waals surface area contributed by atoms with Gasteiger partial charge in [0.2, 0.25) is 5.89 Å². The number of ether oxygens (including phenoxy) is 1. The maximum absolute atomic E-state index is 11.3. The van der Waals surface area contributed by atoms with E-state index in [9.17, 15) is 4.79 Å². The molecule has 1 aromatic heterocycles. The summed E-state index contributed by atoms with van der Waals surface area (Å²) in [7, 11) is 1.80. The van der Waals surface area contributed by atoms with E-state index in [0.29, 0.717) is 24.9 Å². The summed E-state index contributed by atoms with van der Waals surface area (Å²) in [5, 5.41) is 3.93. The van der Waals surface area contributed by atoms with E-state index in [1.54, 1.807) is 18.9 Å². The fraction of sp³-hybridized carbons (Fsp3) is 0.750. The number of hydrogen-bond acceptors (Lipinski definition) is 6. The van der Waals surface area contributed by atoms with Crippen LogP contribution in [-0.2, 0) is 21.5 Å². The smallest absolute Gasteiger partial charge is 0.320 e. The fourth-order valence-electron chi connectivity index (χ4n) is 1.34. The van der Waals surface area contributed by atoms with Gasteiger partial charge in [-0.05, 0) is 14.0 Å². The number of hydrogen-bond donors (Lipinski definition) is 0. The van der Waals surface area contributed by atoms with Crippen LogP contribution >= 0.6 is 0 Å². The maximum atomic E-state index is 11.3. The molecule has 18 heavy (non-hydrogen) atoms. The van der Waals surface area contributed by atoms with E-state index in [1.807, 2.05) is 20.8 Å². The minimum atomic E-state index is -0.254. The van der Waals surface area contributed by atoms with Crippen LogP contribution in [0.1, 0.15) is 39.4 Å². The second-order valence-electron chi connectivity index (χ2n) is 5.24. The lowest BCUT2D eigenvalue weighted by Crippen LogP contribution is -2.27. The molecule has 0 radical (unpaired) electrons. The fourth-order valence-corrected chi connectivity index (χ4v) is 1.34. The third-order valence-corrected chi connectivity index (χ3v) is 2.25. The first-order valence-electron chi connectivity index (χ1n) is 6.00. The Kier molecular flexibility index (Phi) is 4.84. The van der Waals surface area contributed by atoms with Crippen LogP contribution in [-0.4, -0.2) is 41.2 Å². The van der Waals surface area contributed by atoms with Crippen molar-refractivity contribution in [2.45, 2.75) is 39.7 Å². The van der Waals surface area contributed by atoms with Gasteiger partial charge in [-0.2, -0.15) is 4.98 Å². The number of likely N-dealkylation sites (N-methyl/N-ethyl adjacent to an activating group) is 1. The summed E-state index contributed by atoms with van der Waals surface area (Å²) in [6, 6.07) is 0. The molecule has 0 spiro atoms. The van der Waals surface area contributed by atoms with Crippen molar-refractivity contribution in [2.75, 3.05) is 20.2 Å². The highest BCUT2D eigenvalue weighted by Crippen LogP contribution is 2.18. The van der Waals surface area contributed by atoms with Crippen LogP contribution in [0.2, 0.25) is 0 Å². The Morgan fingerprint density at radius 1 is 1.44 bits per heavy atom. The number of carbonyl (C=O) groups is 1. The molecule has 0 N–H and O–H groups in total. The van der Waals surface area contributed by atoms with Crippen molar-refractivity contribution in [3.63, 3.8) is 0 Å². The van der Waals surface area contributed by atoms with Gasteiger partial charge in [0.15, 0.2) is 5.82 Å². The van der Waals surface area contributed by atoms with E-state index in [-0.39, 0.29) is 17.9 Å². The minimum Gasteiger partial charge on any atom is -0.465 e. The van der Waals surface area contributed by atoms with Gasteiger partial charge in [0, 0.05) is 5.41 Å². The Balaban J connectivity index is 2.52. The summed E-state index contributed by atoms with van der Waals surface area (Å²) in [6.45, 7) is 8.87. The van der Waals surface area contributed by atoms with Crippen molar-refractivity contribution < 1.29 is 14.1 Å². The molecule has 0 unspecified atom stereocenters. The molecule has 0 aromatic carbocycles. The number of aromatic nitrogens is 2. The predicted octanol–water partition coefficient (Wildman–Crippen LogP) is 1.36. The van der Waals surface area contributed by atoms with Crippen LogP contribution in [0, 0.1) is 0 Å². The van der Waals surface area contributed by atoms with Crippen molar-refractivity contribution in [1.29, 1.82) is 0 Å². The molecule has 102 valence electrons. The highest BCUT2D eigenvalue weighted by atomic mass is 16.5. The normalized spacial score (nSPS) is 11.9. The SMILES string of the molecule is CCOC(=O)CN(C)Cc1nc(C(C)(C)C)no1. The zero-order valence-corrected chi connectivity index (χ0v) is 11.7. The second kappa shape index (κ2) is 5.95. The molecule has 0 atom stereocenters. The molecule has 0 saturated heterocycles. The first-order valence-corrected chi connectivity index (χ1v) is 6.00. The third kappa shape index (κ3) is 4.44. The first kappa shape index (κ1) is 14.6. The van der Waals surface area contributed by atoms with Gasteiger partial charge in [0.05, 0.1) is 19.7 Å². The van der Waals surface area contributed by atoms with Crippen molar-refractivity contribution >= 4 is 5.97 Å². The van der Waals surface area contributed by atoms with Gasteiger partial charge in [-0.3, -0.25) is 9.69 Å². The van der Waals surface area contributed by atoms with E-state index >= 15 is 0 Å². The van der Waals surface area contributed by atoms with Gasteiger partial charge in [-0.1, -0.05) is 25.9 Å². The van der Waals surface area contributed by atoms with Crippen molar-refractivity contribution in [3.8, 4) is 0 Å². The molecule has 0 aliphatic carbocycles. The number of nitrogens with zero attached hydrogens (tertiary/aromatic N) is 3. The van der Waals surface area contributed by atoms with Crippen LogP contribution in [0.4, 0.5) is 0 Å². The van der Waals surface area contributed by atoms with Crippen LogP contribution in [0.25, 0.3) is 0 Å². The highest BCUT2D eigenvalue weighted by molar-refractivity contribution is 5.71. The molecule has 0 amide bonds. The summed E-state index contributed by atoms with van der Waals surface area (Å²) in [5.41, 5.74) is -0.137. The summed E-state index contributed by atoms with van der Waals surface area (Å²) < 4.78 is 10.0. The Morgan fingerprint density at radius 2 is 2.11 bits per heavy atom. The number of esters is 1. The van der Waals surface area contributed by atoms with Crippen molar-refractivity contribution in [1.82, 2.24) is 15.0 Å². The van der Waals surface area contributed by atoms with E-state index in [1.165, 1.54) is 0 Å². The number of carbonyl (C=O) groups excluding carboxylic acids is 1. The lowest BCUT2D eigenvalue weighted by molar-refractivity contribution is -0.144. The molecule has 0 fully saturated rings. The third-order valence-electron chi connectivity index (χ3n) is 2.25. The van der Waals surface area contributed by atoms with Gasteiger partial charge >= 0.3 is 5.97 Å². The van der Waals surface area contributed by atoms with Crippen LogP contribution < -0.4 is 0 Å². The van der Waals surface area contributed by atoms with Gasteiger partial charge in [0.25, 0.3) is 0 Å². The standard InChI is InChI=1S/C12H21N3O3/c1-6-17-10(16)8-15(5)7-9-13-11(14-18-9)12(2,3)4/h6-8H2,1-5H3. The molecule has 0 saturated carbocycles. The van der Waals surface area contributed by atoms with Gasteiger partial charge in [-0.15, -0.1) is 0 Å². The largest absolute Gasteiger partial charge is 0.465 e. The molecule has 0 bridgehead atoms. The van der Waals surface area contributed by atoms with Gasteiger partial charge in [-0.25, -0.2) is 0 Å². The van der Waals surface area contributed by atoms with Crippen molar-refractivity contribution in [2.24, 2.45) is 0 Å². The average molecular weight is 255 g/mol. The maximum Gasteiger partial charge on any atom is 0.320 e. The predicted molar refractivity (Wildman–Crippen MR) is 66.0 cm³/mol. The molecule has 1 aromatic rings. The Labute approximate surface area is 107 Å². The molecule has 6 nitrogen and oxygen atoms in total. The molecular weight excluding hydrogens is 234 g/mol. The van der Waals surface area contributed by atoms with Gasteiger partial charge < -0.3 is 9.26 Å². The van der Waals surface area contributed by atoms with E-state index in [0.717, 1.165) is 0 Å². The summed E-state index contributed by atoms with van der Waals surface area (Å²) >= 11 is 0. The zero-order valence-electron chi connectivity index (χ0n) is 11.7. The zero-order chi connectivity index (χ0) is 13.8. The molecule has 0 aliphatic heterocycles. The lowest BCUT2D eigenvalue weighted by Gasteiger charge is -2.13. The average Bonchev–Trinajstić information content (AvgIpc) is 2.65. The lowest BCUT2D eigenvalue weighted by atomic mass is 9.96. The van der Waals surface area contributed by atoms with Gasteiger partial charge in [0.1, 0.15) is 0 Å². The van der Waals surface area contributed by atoms with Crippen LogP contribution in [0.5, 0.6) is 0 Å². The summed E-state index contributed by atoms with van der Waals surface area (Å²) in [6.07, 6.45) is 0. The topological polar surface area (TPSA) is 68.5 Å². The first-order chi connectivity index (χ1) is 8.32. The number of rotatable bonds is 5. The Hall–Kier alpha value is -1.43. The molecule has 0 aliphatic rings. The molecular formula is C12H21N3O3. The van der Waals surface area contributed by atoms with E-state index in [4.69, 9.17) is 9.26 Å². The highest BCUT2D eigenvalue weighted by Gasteiger charge is 2.21. The van der Waals surface area contributed by atoms with E-state index in [2.05, 4.69) is 10.1 Å². The Bertz CT molecular complexity index is 396. The van der Waals surface area contributed by atoms with Crippen LogP contribution in [0.15, 0.2) is 4.52 Å². The quantitative estimate of drug-likeness (QED) is 0.740.